The molecule has 0 aliphatic carbocycles. The Kier molecular flexibility index (Phi) is 7.06. The van der Waals surface area contributed by atoms with E-state index in [2.05, 4.69) is 185 Å². The van der Waals surface area contributed by atoms with Crippen LogP contribution in [0.2, 0.25) is 0 Å². The largest absolute Gasteiger partial charge is 0.309 e. The lowest BCUT2D eigenvalue weighted by Gasteiger charge is -2.11. The average molecular weight is 745 g/mol. The first-order valence-electron chi connectivity index (χ1n) is 19.3. The van der Waals surface area contributed by atoms with E-state index in [1.807, 2.05) is 18.2 Å². The molecule has 0 atom stereocenters. The molecule has 57 heavy (non-hydrogen) atoms. The van der Waals surface area contributed by atoms with Gasteiger partial charge in [-0.25, -0.2) is 9.97 Å². The molecule has 0 unspecified atom stereocenters. The van der Waals surface area contributed by atoms with E-state index in [-0.39, 0.29) is 0 Å². The molecule has 0 bridgehead atoms. The van der Waals surface area contributed by atoms with E-state index in [1.54, 1.807) is 11.3 Å². The fraction of sp³-hybridized carbons (Fsp3) is 0. The maximum absolute atomic E-state index is 5.33. The van der Waals surface area contributed by atoms with Gasteiger partial charge in [-0.1, -0.05) is 133 Å². The smallest absolute Gasteiger partial charge is 0.161 e. The minimum absolute atomic E-state index is 0.737. The Morgan fingerprint density at radius 3 is 1.75 bits per heavy atom. The molecule has 0 N–H and O–H groups in total. The Morgan fingerprint density at radius 1 is 0.368 bits per heavy atom. The third kappa shape index (κ3) is 4.93. The Bertz CT molecular complexity index is 3470. The first-order valence-corrected chi connectivity index (χ1v) is 20.1. The zero-order chi connectivity index (χ0) is 37.5. The topological polar surface area (TPSA) is 35.6 Å². The van der Waals surface area contributed by atoms with Gasteiger partial charge in [0.15, 0.2) is 5.82 Å². The van der Waals surface area contributed by atoms with Gasteiger partial charge in [-0.05, 0) is 71.8 Å². The lowest BCUT2D eigenvalue weighted by atomic mass is 9.96. The van der Waals surface area contributed by atoms with Crippen molar-refractivity contribution in [2.24, 2.45) is 0 Å². The van der Waals surface area contributed by atoms with Crippen molar-refractivity contribution in [3.63, 3.8) is 0 Å². The lowest BCUT2D eigenvalue weighted by Crippen LogP contribution is -1.95. The van der Waals surface area contributed by atoms with Crippen molar-refractivity contribution in [2.45, 2.75) is 0 Å². The first kappa shape index (κ1) is 32.0. The predicted octanol–water partition coefficient (Wildman–Crippen LogP) is 14.0. The molecule has 0 aliphatic heterocycles. The van der Waals surface area contributed by atoms with Crippen molar-refractivity contribution in [1.82, 2.24) is 19.1 Å². The Labute approximate surface area is 332 Å². The second-order valence-electron chi connectivity index (χ2n) is 14.6. The molecule has 8 aromatic carbocycles. The highest BCUT2D eigenvalue weighted by atomic mass is 32.1. The molecule has 12 rings (SSSR count). The zero-order valence-corrected chi connectivity index (χ0v) is 31.5. The van der Waals surface area contributed by atoms with Crippen LogP contribution in [0.1, 0.15) is 0 Å². The first-order chi connectivity index (χ1) is 28.3. The van der Waals surface area contributed by atoms with Crippen molar-refractivity contribution in [3.8, 4) is 45.1 Å². The van der Waals surface area contributed by atoms with Gasteiger partial charge in [-0.2, -0.15) is 0 Å². The number of aromatic nitrogens is 4. The molecule has 0 spiro atoms. The second-order valence-corrected chi connectivity index (χ2v) is 15.6. The number of fused-ring (bicyclic) bond motifs is 9. The van der Waals surface area contributed by atoms with Crippen LogP contribution in [0.5, 0.6) is 0 Å². The fourth-order valence-electron chi connectivity index (χ4n) is 8.88. The molecule has 4 nitrogen and oxygen atoms in total. The predicted molar refractivity (Wildman–Crippen MR) is 240 cm³/mol. The van der Waals surface area contributed by atoms with Gasteiger partial charge in [0.2, 0.25) is 0 Å². The quantitative estimate of drug-likeness (QED) is 0.176. The average Bonchev–Trinajstić information content (AvgIpc) is 3.94. The highest BCUT2D eigenvalue weighted by Crippen LogP contribution is 2.43. The number of rotatable bonds is 5. The van der Waals surface area contributed by atoms with Crippen LogP contribution in [0.15, 0.2) is 194 Å². The summed E-state index contributed by atoms with van der Waals surface area (Å²) in [4.78, 5) is 11.5. The minimum atomic E-state index is 0.737. The number of nitrogens with zero attached hydrogens (tertiary/aromatic N) is 4. The normalized spacial score (nSPS) is 11.9. The molecule has 0 saturated heterocycles. The number of hydrogen-bond acceptors (Lipinski definition) is 3. The van der Waals surface area contributed by atoms with Crippen molar-refractivity contribution in [2.75, 3.05) is 0 Å². The molecule has 0 radical (unpaired) electrons. The van der Waals surface area contributed by atoms with Gasteiger partial charge < -0.3 is 9.13 Å². The summed E-state index contributed by atoms with van der Waals surface area (Å²) in [6.45, 7) is 0. The van der Waals surface area contributed by atoms with Crippen molar-refractivity contribution in [1.29, 1.82) is 0 Å². The van der Waals surface area contributed by atoms with Crippen LogP contribution >= 0.6 is 11.3 Å². The third-order valence-corrected chi connectivity index (χ3v) is 12.4. The Morgan fingerprint density at radius 2 is 0.965 bits per heavy atom. The summed E-state index contributed by atoms with van der Waals surface area (Å²) in [6.07, 6.45) is 0. The number of thiophene rings is 1. The van der Waals surface area contributed by atoms with Crippen LogP contribution in [0.4, 0.5) is 0 Å². The molecule has 0 fully saturated rings. The fourth-order valence-corrected chi connectivity index (χ4v) is 9.95. The van der Waals surface area contributed by atoms with E-state index in [4.69, 9.17) is 9.97 Å². The monoisotopic (exact) mass is 744 g/mol. The van der Waals surface area contributed by atoms with Crippen LogP contribution in [0.25, 0.3) is 109 Å². The van der Waals surface area contributed by atoms with Gasteiger partial charge in [-0.15, -0.1) is 11.3 Å². The highest BCUT2D eigenvalue weighted by molar-refractivity contribution is 7.25. The molecule has 0 saturated carbocycles. The van der Waals surface area contributed by atoms with Gasteiger partial charge in [0.05, 0.1) is 27.8 Å². The zero-order valence-electron chi connectivity index (χ0n) is 30.7. The Hall–Kier alpha value is -7.34. The van der Waals surface area contributed by atoms with Crippen molar-refractivity contribution < 1.29 is 0 Å². The summed E-state index contributed by atoms with van der Waals surface area (Å²) in [6, 6.07) is 69.7. The van der Waals surface area contributed by atoms with Gasteiger partial charge in [0, 0.05) is 59.5 Å². The summed E-state index contributed by atoms with van der Waals surface area (Å²) >= 11 is 1.73. The highest BCUT2D eigenvalue weighted by Gasteiger charge is 2.21. The SMILES string of the molecule is c1ccc(-c2nc(-c3cccc(-c4cccc5c4c4cc(-n6c7ccccc7c7ccccc76)ccc4n5-c4ccccc4)c3)c3c(n2)sc2ccccc23)cc1. The Balaban J connectivity index is 1.12. The van der Waals surface area contributed by atoms with Crippen molar-refractivity contribution in [3.05, 3.63) is 194 Å². The molecular formula is C52H32N4S. The van der Waals surface area contributed by atoms with E-state index < -0.39 is 0 Å². The summed E-state index contributed by atoms with van der Waals surface area (Å²) in [5, 5.41) is 7.21. The van der Waals surface area contributed by atoms with Gasteiger partial charge in [0.1, 0.15) is 4.83 Å². The van der Waals surface area contributed by atoms with Gasteiger partial charge in [0.25, 0.3) is 0 Å². The maximum atomic E-state index is 5.33. The van der Waals surface area contributed by atoms with Crippen LogP contribution in [0.3, 0.4) is 0 Å². The maximum Gasteiger partial charge on any atom is 0.161 e. The van der Waals surface area contributed by atoms with E-state index >= 15 is 0 Å². The van der Waals surface area contributed by atoms with E-state index in [1.165, 1.54) is 53.7 Å². The standard InChI is InChI=1S/C52H32N4S/c1-3-15-33(16-4-1)51-53-50(49-41-23-9-12-28-47(41)57-52(49)54-51)35-18-13-17-34(31-35)38-24-14-27-46-48(38)42-32-37(29-30-45(42)55(46)36-19-5-2-6-20-36)56-43-25-10-7-21-39(43)40-22-8-11-26-44(40)56/h1-32H. The molecule has 0 aliphatic rings. The molecule has 0 amide bonds. The van der Waals surface area contributed by atoms with Gasteiger partial charge in [-0.3, -0.25) is 0 Å². The second kappa shape index (κ2) is 12.6. The summed E-state index contributed by atoms with van der Waals surface area (Å²) in [7, 11) is 0. The van der Waals surface area contributed by atoms with Crippen LogP contribution in [0, 0.1) is 0 Å². The molecule has 266 valence electrons. The summed E-state index contributed by atoms with van der Waals surface area (Å²) < 4.78 is 6.03. The van der Waals surface area contributed by atoms with E-state index in [0.717, 1.165) is 55.3 Å². The minimum Gasteiger partial charge on any atom is -0.309 e. The summed E-state index contributed by atoms with van der Waals surface area (Å²) in [5.41, 5.74) is 12.3. The molecule has 12 aromatic rings. The van der Waals surface area contributed by atoms with Crippen molar-refractivity contribution >= 4 is 75.3 Å². The third-order valence-electron chi connectivity index (χ3n) is 11.3. The van der Waals surface area contributed by atoms with Crippen LogP contribution in [-0.2, 0) is 0 Å². The molecule has 4 aromatic heterocycles. The molecular weight excluding hydrogens is 713 g/mol. The van der Waals surface area contributed by atoms with Crippen LogP contribution in [-0.4, -0.2) is 19.1 Å². The molecule has 4 heterocycles. The van der Waals surface area contributed by atoms with E-state index in [9.17, 15) is 0 Å². The number of benzene rings is 8. The van der Waals surface area contributed by atoms with Gasteiger partial charge >= 0.3 is 0 Å². The van der Waals surface area contributed by atoms with E-state index in [0.29, 0.717) is 0 Å². The lowest BCUT2D eigenvalue weighted by molar-refractivity contribution is 1.17. The summed E-state index contributed by atoms with van der Waals surface area (Å²) in [5.74, 6) is 0.737. The number of hydrogen-bond donors (Lipinski definition) is 0. The molecule has 5 heteroatoms. The number of para-hydroxylation sites is 3. The van der Waals surface area contributed by atoms with Crippen LogP contribution < -0.4 is 0 Å².